The second-order valence-corrected chi connectivity index (χ2v) is 3.44. The number of aromatic nitrogens is 2. The summed E-state index contributed by atoms with van der Waals surface area (Å²) in [6, 6.07) is 6.76. The van der Waals surface area contributed by atoms with Crippen molar-refractivity contribution in [2.75, 3.05) is 0 Å². The second kappa shape index (κ2) is 3.94. The van der Waals surface area contributed by atoms with Gasteiger partial charge in [-0.3, -0.25) is 0 Å². The van der Waals surface area contributed by atoms with Gasteiger partial charge in [0, 0.05) is 6.07 Å². The van der Waals surface area contributed by atoms with Crippen molar-refractivity contribution >= 4 is 17.6 Å². The minimum Gasteiger partial charge on any atom is -0.476 e. The summed E-state index contributed by atoms with van der Waals surface area (Å²) >= 11 is 5.79. The molecule has 0 radical (unpaired) electrons. The third-order valence-electron chi connectivity index (χ3n) is 1.94. The molecule has 2 aromatic rings. The Bertz CT molecular complexity index is 554. The molecule has 0 saturated carbocycles. The van der Waals surface area contributed by atoms with Gasteiger partial charge in [0.25, 0.3) is 0 Å². The van der Waals surface area contributed by atoms with Crippen molar-refractivity contribution in [3.8, 4) is 5.69 Å². The Morgan fingerprint density at radius 2 is 2.19 bits per heavy atom. The van der Waals surface area contributed by atoms with Crippen LogP contribution >= 0.6 is 11.6 Å². The van der Waals surface area contributed by atoms with Crippen molar-refractivity contribution in [2.24, 2.45) is 0 Å². The Morgan fingerprint density at radius 3 is 2.75 bits per heavy atom. The van der Waals surface area contributed by atoms with Crippen molar-refractivity contribution in [2.45, 2.75) is 0 Å². The predicted molar refractivity (Wildman–Crippen MR) is 55.5 cm³/mol. The average Bonchev–Trinajstić information content (AvgIpc) is 2.60. The van der Waals surface area contributed by atoms with E-state index in [4.69, 9.17) is 16.7 Å². The summed E-state index contributed by atoms with van der Waals surface area (Å²) in [7, 11) is 0. The average molecular weight is 241 g/mol. The van der Waals surface area contributed by atoms with Crippen molar-refractivity contribution in [1.82, 2.24) is 9.78 Å². The van der Waals surface area contributed by atoms with Crippen LogP contribution < -0.4 is 0 Å². The van der Waals surface area contributed by atoms with Crippen LogP contribution in [-0.2, 0) is 0 Å². The van der Waals surface area contributed by atoms with E-state index in [9.17, 15) is 9.18 Å². The second-order valence-electron chi connectivity index (χ2n) is 3.05. The minimum atomic E-state index is -1.18. The number of hydrogen-bond acceptors (Lipinski definition) is 2. The fraction of sp³-hybridized carbons (Fsp3) is 0. The fourth-order valence-corrected chi connectivity index (χ4v) is 1.49. The van der Waals surface area contributed by atoms with Crippen LogP contribution in [0.4, 0.5) is 4.39 Å². The lowest BCUT2D eigenvalue weighted by Gasteiger charge is -2.01. The molecule has 6 heteroatoms. The first-order valence-electron chi connectivity index (χ1n) is 4.33. The number of benzene rings is 1. The number of carboxylic acid groups (broad SMARTS) is 1. The standard InChI is InChI=1S/C10H6ClFN2O2/c11-9-5-8(10(15)16)13-14(9)7-3-1-2-6(12)4-7/h1-5H,(H,15,16). The molecule has 4 nitrogen and oxygen atoms in total. The number of rotatable bonds is 2. The van der Waals surface area contributed by atoms with Gasteiger partial charge in [0.2, 0.25) is 0 Å². The molecule has 0 saturated heterocycles. The van der Waals surface area contributed by atoms with E-state index in [0.717, 1.165) is 4.68 Å². The highest BCUT2D eigenvalue weighted by atomic mass is 35.5. The van der Waals surface area contributed by atoms with Crippen LogP contribution in [0.2, 0.25) is 5.15 Å². The summed E-state index contributed by atoms with van der Waals surface area (Å²) in [6.45, 7) is 0. The highest BCUT2D eigenvalue weighted by Crippen LogP contribution is 2.17. The predicted octanol–water partition coefficient (Wildman–Crippen LogP) is 2.36. The molecule has 16 heavy (non-hydrogen) atoms. The zero-order valence-corrected chi connectivity index (χ0v) is 8.65. The molecule has 1 heterocycles. The molecule has 0 aliphatic rings. The summed E-state index contributed by atoms with van der Waals surface area (Å²) in [5.41, 5.74) is 0.187. The Labute approximate surface area is 94.9 Å². The van der Waals surface area contributed by atoms with Gasteiger partial charge in [0.05, 0.1) is 5.69 Å². The molecular weight excluding hydrogens is 235 g/mol. The smallest absolute Gasteiger partial charge is 0.356 e. The largest absolute Gasteiger partial charge is 0.476 e. The van der Waals surface area contributed by atoms with Gasteiger partial charge in [0.1, 0.15) is 11.0 Å². The van der Waals surface area contributed by atoms with Gasteiger partial charge in [-0.15, -0.1) is 0 Å². The number of carboxylic acids is 1. The van der Waals surface area contributed by atoms with Crippen LogP contribution in [0.3, 0.4) is 0 Å². The van der Waals surface area contributed by atoms with Gasteiger partial charge in [-0.25, -0.2) is 13.9 Å². The molecule has 2 rings (SSSR count). The maximum Gasteiger partial charge on any atom is 0.356 e. The van der Waals surface area contributed by atoms with Gasteiger partial charge < -0.3 is 5.11 Å². The van der Waals surface area contributed by atoms with Crippen molar-refractivity contribution in [3.05, 3.63) is 47.0 Å². The van der Waals surface area contributed by atoms with Crippen LogP contribution in [-0.4, -0.2) is 20.9 Å². The Kier molecular flexibility index (Phi) is 2.62. The van der Waals surface area contributed by atoms with Crippen molar-refractivity contribution in [3.63, 3.8) is 0 Å². The molecule has 0 aliphatic carbocycles. The van der Waals surface area contributed by atoms with Crippen LogP contribution in [0.15, 0.2) is 30.3 Å². The first kappa shape index (κ1) is 10.6. The van der Waals surface area contributed by atoms with E-state index in [2.05, 4.69) is 5.10 Å². The fourth-order valence-electron chi connectivity index (χ4n) is 1.25. The lowest BCUT2D eigenvalue weighted by atomic mass is 10.3. The molecular formula is C10H6ClFN2O2. The van der Waals surface area contributed by atoms with E-state index >= 15 is 0 Å². The molecule has 0 unspecified atom stereocenters. The van der Waals surface area contributed by atoms with E-state index in [1.54, 1.807) is 6.07 Å². The van der Waals surface area contributed by atoms with Gasteiger partial charge in [-0.2, -0.15) is 5.10 Å². The van der Waals surface area contributed by atoms with Gasteiger partial charge >= 0.3 is 5.97 Å². The molecule has 1 aromatic heterocycles. The zero-order valence-electron chi connectivity index (χ0n) is 7.89. The lowest BCUT2D eigenvalue weighted by Crippen LogP contribution is -2.01. The van der Waals surface area contributed by atoms with Crippen molar-refractivity contribution in [1.29, 1.82) is 0 Å². The maximum atomic E-state index is 12.9. The molecule has 0 bridgehead atoms. The van der Waals surface area contributed by atoms with Gasteiger partial charge in [-0.1, -0.05) is 17.7 Å². The number of nitrogens with zero attached hydrogens (tertiary/aromatic N) is 2. The zero-order chi connectivity index (χ0) is 11.7. The first-order valence-corrected chi connectivity index (χ1v) is 4.70. The molecule has 0 atom stereocenters. The molecule has 0 fully saturated rings. The summed E-state index contributed by atoms with van der Waals surface area (Å²) in [5, 5.41) is 12.6. The summed E-state index contributed by atoms with van der Waals surface area (Å²) < 4.78 is 14.1. The van der Waals surface area contributed by atoms with Gasteiger partial charge in [-0.05, 0) is 18.2 Å². The molecule has 0 amide bonds. The topological polar surface area (TPSA) is 55.1 Å². The normalized spacial score (nSPS) is 10.4. The first-order chi connectivity index (χ1) is 7.58. The summed E-state index contributed by atoms with van der Waals surface area (Å²) in [4.78, 5) is 10.7. The number of carbonyl (C=O) groups is 1. The Morgan fingerprint density at radius 1 is 1.44 bits per heavy atom. The molecule has 1 N–H and O–H groups in total. The van der Waals surface area contributed by atoms with Crippen LogP contribution in [0, 0.1) is 5.82 Å². The molecule has 0 spiro atoms. The van der Waals surface area contributed by atoms with Crippen LogP contribution in [0.1, 0.15) is 10.5 Å². The highest BCUT2D eigenvalue weighted by Gasteiger charge is 2.13. The number of hydrogen-bond donors (Lipinski definition) is 1. The van der Waals surface area contributed by atoms with Crippen molar-refractivity contribution < 1.29 is 14.3 Å². The highest BCUT2D eigenvalue weighted by molar-refractivity contribution is 6.30. The summed E-state index contributed by atoms with van der Waals surface area (Å²) in [5.74, 6) is -1.63. The van der Waals surface area contributed by atoms with E-state index in [1.807, 2.05) is 0 Å². The SMILES string of the molecule is O=C(O)c1cc(Cl)n(-c2cccc(F)c2)n1. The molecule has 0 aliphatic heterocycles. The maximum absolute atomic E-state index is 12.9. The third kappa shape index (κ3) is 1.90. The molecule has 82 valence electrons. The van der Waals surface area contributed by atoms with E-state index in [-0.39, 0.29) is 10.8 Å². The lowest BCUT2D eigenvalue weighted by molar-refractivity contribution is 0.0690. The Hall–Kier alpha value is -1.88. The van der Waals surface area contributed by atoms with Crippen LogP contribution in [0.25, 0.3) is 5.69 Å². The van der Waals surface area contributed by atoms with E-state index < -0.39 is 11.8 Å². The quantitative estimate of drug-likeness (QED) is 0.877. The van der Waals surface area contributed by atoms with E-state index in [1.165, 1.54) is 24.3 Å². The monoisotopic (exact) mass is 240 g/mol. The minimum absolute atomic E-state index is 0.114. The summed E-state index contributed by atoms with van der Waals surface area (Å²) in [6.07, 6.45) is 0. The van der Waals surface area contributed by atoms with Crippen LogP contribution in [0.5, 0.6) is 0 Å². The van der Waals surface area contributed by atoms with E-state index in [0.29, 0.717) is 5.69 Å². The van der Waals surface area contributed by atoms with Gasteiger partial charge in [0.15, 0.2) is 5.69 Å². The third-order valence-corrected chi connectivity index (χ3v) is 2.21. The molecule has 1 aromatic carbocycles. The number of halogens is 2. The number of aromatic carboxylic acids is 1. The Balaban J connectivity index is 2.52.